The molecule has 0 aliphatic carbocycles. The minimum absolute atomic E-state index is 0.0932. The number of thioether (sulfide) groups is 1. The fourth-order valence-electron chi connectivity index (χ4n) is 3.98. The third kappa shape index (κ3) is 7.69. The van der Waals surface area contributed by atoms with Crippen molar-refractivity contribution in [2.75, 3.05) is 10.8 Å². The number of benzene rings is 2. The van der Waals surface area contributed by atoms with Gasteiger partial charge in [0.15, 0.2) is 5.88 Å². The third-order valence-electron chi connectivity index (χ3n) is 5.81. The number of fused-ring (bicyclic) bond motifs is 2. The summed E-state index contributed by atoms with van der Waals surface area (Å²) in [5, 5.41) is 17.1. The van der Waals surface area contributed by atoms with Gasteiger partial charge in [0.05, 0.1) is 10.7 Å². The van der Waals surface area contributed by atoms with Crippen molar-refractivity contribution in [1.82, 2.24) is 5.23 Å². The van der Waals surface area contributed by atoms with Crippen molar-refractivity contribution in [2.24, 2.45) is 0 Å². The molecule has 2 aliphatic heterocycles. The lowest BCUT2D eigenvalue weighted by atomic mass is 10.2. The first-order valence-corrected chi connectivity index (χ1v) is 17.3. The van der Waals surface area contributed by atoms with Crippen LogP contribution in [0.4, 0.5) is 5.69 Å². The number of hydroxylamine groups is 2. The van der Waals surface area contributed by atoms with Crippen LogP contribution in [0.3, 0.4) is 0 Å². The average Bonchev–Trinajstić information content (AvgIpc) is 3.43. The highest BCUT2D eigenvalue weighted by Gasteiger charge is 2.29. The molecule has 3 aromatic rings. The van der Waals surface area contributed by atoms with Gasteiger partial charge in [-0.1, -0.05) is 76.4 Å². The second-order valence-corrected chi connectivity index (χ2v) is 14.5. The first-order valence-electron chi connectivity index (χ1n) is 12.1. The maximum Gasteiger partial charge on any atom is 0.283 e. The lowest BCUT2D eigenvalue weighted by Crippen LogP contribution is -2.43. The van der Waals surface area contributed by atoms with E-state index in [-0.39, 0.29) is 6.67 Å². The molecule has 1 aromatic heterocycles. The number of thiazole rings is 1. The predicted molar refractivity (Wildman–Crippen MR) is 167 cm³/mol. The van der Waals surface area contributed by atoms with Crippen molar-refractivity contribution in [2.45, 2.75) is 24.9 Å². The number of rotatable bonds is 10. The molecule has 0 saturated carbocycles. The van der Waals surface area contributed by atoms with Crippen LogP contribution >= 0.6 is 57.1 Å². The second kappa shape index (κ2) is 13.1. The fraction of sp³-hybridized carbons (Fsp3) is 0.154. The summed E-state index contributed by atoms with van der Waals surface area (Å²) in [6, 6.07) is 10.7. The Bertz CT molecular complexity index is 1750. The number of aromatic nitrogens is 1. The van der Waals surface area contributed by atoms with Crippen molar-refractivity contribution in [3.8, 4) is 0 Å². The quantitative estimate of drug-likeness (QED) is 0.0763. The van der Waals surface area contributed by atoms with E-state index in [1.165, 1.54) is 28.0 Å². The Hall–Kier alpha value is -2.01. The standard InChI is InChI=1S/C26H23Cl2N3O6S4/c1-2-18(13-26-30(17-41(33,34)35)22-15-20(28)7-9-24(22)39-26)12-25-29(21-14-19(27)6-8-23(21)38-25)16-31(32)36-37-40-10-4-3-5-11-40/h3-15,32H,2,16-17H2,1H3/p+1. The molecule has 2 aliphatic rings. The second-order valence-electron chi connectivity index (χ2n) is 8.70. The van der Waals surface area contributed by atoms with Crippen molar-refractivity contribution >= 4 is 94.5 Å². The monoisotopic (exact) mass is 672 g/mol. The van der Waals surface area contributed by atoms with Gasteiger partial charge in [-0.3, -0.25) is 9.76 Å². The van der Waals surface area contributed by atoms with Crippen LogP contribution in [0, 0.1) is 0 Å². The smallest absolute Gasteiger partial charge is 0.283 e. The van der Waals surface area contributed by atoms with E-state index in [0.717, 1.165) is 25.7 Å². The minimum Gasteiger partial charge on any atom is -0.317 e. The Morgan fingerprint density at radius 3 is 2.68 bits per heavy atom. The van der Waals surface area contributed by atoms with Crippen LogP contribution < -0.4 is 9.47 Å². The molecule has 0 bridgehead atoms. The molecular weight excluding hydrogens is 649 g/mol. The first-order chi connectivity index (χ1) is 19.6. The summed E-state index contributed by atoms with van der Waals surface area (Å²) in [7, 11) is -5.06. The first kappa shape index (κ1) is 30.4. The molecule has 0 spiro atoms. The average molecular weight is 674 g/mol. The Morgan fingerprint density at radius 1 is 1.17 bits per heavy atom. The molecule has 9 nitrogen and oxygen atoms in total. The minimum atomic E-state index is -4.33. The summed E-state index contributed by atoms with van der Waals surface area (Å²) in [5.41, 5.74) is 2.25. The van der Waals surface area contributed by atoms with E-state index in [0.29, 0.717) is 32.4 Å². The van der Waals surface area contributed by atoms with Gasteiger partial charge in [-0.25, -0.2) is 0 Å². The van der Waals surface area contributed by atoms with Gasteiger partial charge in [-0.15, -0.1) is 4.33 Å². The molecule has 1 unspecified atom stereocenters. The van der Waals surface area contributed by atoms with Crippen molar-refractivity contribution in [1.29, 1.82) is 0 Å². The van der Waals surface area contributed by atoms with E-state index in [1.54, 1.807) is 35.0 Å². The number of halogens is 2. The maximum absolute atomic E-state index is 11.9. The molecular formula is C26H24Cl2N3O6S4+. The number of hydrogen-bond acceptors (Lipinski definition) is 9. The van der Waals surface area contributed by atoms with Crippen molar-refractivity contribution in [3.63, 3.8) is 0 Å². The molecule has 0 radical (unpaired) electrons. The molecule has 1 atom stereocenters. The molecule has 0 saturated heterocycles. The Kier molecular flexibility index (Phi) is 9.73. The van der Waals surface area contributed by atoms with E-state index in [2.05, 4.69) is 0 Å². The van der Waals surface area contributed by atoms with Gasteiger partial charge in [0.25, 0.3) is 21.8 Å². The SMILES string of the molecule is CCC(=Cc1sc2ccc(Cl)cc2[n+]1CN(O)OOS1=CC=CC=C1)C=C1Sc2ccc(Cl)cc2N1CS(=O)(=O)O. The van der Waals surface area contributed by atoms with Gasteiger partial charge >= 0.3 is 0 Å². The van der Waals surface area contributed by atoms with Gasteiger partial charge in [0.2, 0.25) is 5.52 Å². The van der Waals surface area contributed by atoms with Gasteiger partial charge in [-0.05, 0) is 59.2 Å². The van der Waals surface area contributed by atoms with Crippen LogP contribution in [0.25, 0.3) is 16.3 Å². The topological polar surface area (TPSA) is 103 Å². The molecule has 3 heterocycles. The fourth-order valence-corrected chi connectivity index (χ4v) is 8.05. The predicted octanol–water partition coefficient (Wildman–Crippen LogP) is 7.17. The Morgan fingerprint density at radius 2 is 1.95 bits per heavy atom. The van der Waals surface area contributed by atoms with Gasteiger partial charge in [-0.2, -0.15) is 13.0 Å². The molecule has 0 fully saturated rings. The number of hydrogen-bond donors (Lipinski definition) is 2. The van der Waals surface area contributed by atoms with Gasteiger partial charge in [0.1, 0.15) is 4.70 Å². The van der Waals surface area contributed by atoms with E-state index < -0.39 is 26.8 Å². The van der Waals surface area contributed by atoms with Crippen LogP contribution in [0.5, 0.6) is 0 Å². The maximum atomic E-state index is 11.9. The van der Waals surface area contributed by atoms with E-state index in [1.807, 2.05) is 54.0 Å². The van der Waals surface area contributed by atoms with Crippen LogP contribution in [-0.2, 0) is 26.1 Å². The molecule has 2 aromatic carbocycles. The highest BCUT2D eigenvalue weighted by atomic mass is 35.5. The number of nitrogens with zero attached hydrogens (tertiary/aromatic N) is 3. The van der Waals surface area contributed by atoms with E-state index in [9.17, 15) is 18.2 Å². The summed E-state index contributed by atoms with van der Waals surface area (Å²) in [6.07, 6.45) is 9.95. The summed E-state index contributed by atoms with van der Waals surface area (Å²) in [6.45, 7) is 1.89. The lowest BCUT2D eigenvalue weighted by molar-refractivity contribution is -0.735. The highest BCUT2D eigenvalue weighted by Crippen LogP contribution is 2.47. The summed E-state index contributed by atoms with van der Waals surface area (Å²) in [5.74, 6) is -0.613. The van der Waals surface area contributed by atoms with E-state index in [4.69, 9.17) is 32.5 Å². The Labute approximate surface area is 257 Å². The molecule has 0 amide bonds. The van der Waals surface area contributed by atoms with Crippen LogP contribution in [-0.4, -0.2) is 34.6 Å². The molecule has 5 rings (SSSR count). The van der Waals surface area contributed by atoms with Gasteiger partial charge in [0, 0.05) is 43.1 Å². The van der Waals surface area contributed by atoms with Crippen LogP contribution in [0.15, 0.2) is 81.6 Å². The van der Waals surface area contributed by atoms with Crippen molar-refractivity contribution in [3.05, 3.63) is 91.8 Å². The summed E-state index contributed by atoms with van der Waals surface area (Å²) in [4.78, 5) is 7.48. The van der Waals surface area contributed by atoms with Crippen LogP contribution in [0.2, 0.25) is 10.0 Å². The zero-order chi connectivity index (χ0) is 29.1. The lowest BCUT2D eigenvalue weighted by Gasteiger charge is -2.19. The highest BCUT2D eigenvalue weighted by molar-refractivity contribution is 8.13. The summed E-state index contributed by atoms with van der Waals surface area (Å²) >= 11 is 15.4. The van der Waals surface area contributed by atoms with Crippen molar-refractivity contribution < 1.29 is 32.1 Å². The Balaban J connectivity index is 1.49. The van der Waals surface area contributed by atoms with Gasteiger partial charge < -0.3 is 4.90 Å². The zero-order valence-electron chi connectivity index (χ0n) is 21.4. The molecule has 2 N–H and O–H groups in total. The number of allylic oxidation sites excluding steroid dienone is 5. The number of anilines is 1. The largest absolute Gasteiger partial charge is 0.317 e. The van der Waals surface area contributed by atoms with E-state index >= 15 is 0 Å². The zero-order valence-corrected chi connectivity index (χ0v) is 26.2. The third-order valence-corrected chi connectivity index (χ3v) is 10.2. The van der Waals surface area contributed by atoms with Crippen LogP contribution in [0.1, 0.15) is 18.4 Å². The normalized spacial score (nSPS) is 18.1. The molecule has 216 valence electrons. The molecule has 41 heavy (non-hydrogen) atoms. The summed E-state index contributed by atoms with van der Waals surface area (Å²) < 4.78 is 41.4. The molecule has 15 heteroatoms.